The van der Waals surface area contributed by atoms with Crippen molar-refractivity contribution in [3.8, 4) is 0 Å². The van der Waals surface area contributed by atoms with E-state index in [1.165, 1.54) is 0 Å². The van der Waals surface area contributed by atoms with Gasteiger partial charge < -0.3 is 15.2 Å². The highest BCUT2D eigenvalue weighted by Crippen LogP contribution is 2.13. The fourth-order valence-corrected chi connectivity index (χ4v) is 1.54. The highest BCUT2D eigenvalue weighted by Gasteiger charge is 2.19. The van der Waals surface area contributed by atoms with Gasteiger partial charge in [-0.05, 0) is 25.4 Å². The Morgan fingerprint density at radius 1 is 1.53 bits per heavy atom. The van der Waals surface area contributed by atoms with Crippen LogP contribution in [0.3, 0.4) is 0 Å². The number of methoxy groups -OCH3 is 1. The molecule has 0 bridgehead atoms. The number of ether oxygens (including phenoxy) is 1. The molecule has 0 aliphatic heterocycles. The Hall–Kier alpha value is -0.910. The largest absolute Gasteiger partial charge is 0.388 e. The molecule has 0 fully saturated rings. The smallest absolute Gasteiger partial charge is 0.224 e. The van der Waals surface area contributed by atoms with E-state index >= 15 is 0 Å². The lowest BCUT2D eigenvalue weighted by Crippen LogP contribution is -2.34. The van der Waals surface area contributed by atoms with Crippen LogP contribution < -0.4 is 5.32 Å². The van der Waals surface area contributed by atoms with E-state index in [-0.39, 0.29) is 5.28 Å². The number of hydrogen-bond donors (Lipinski definition) is 2. The van der Waals surface area contributed by atoms with Crippen molar-refractivity contribution in [3.63, 3.8) is 0 Å². The van der Waals surface area contributed by atoms with E-state index in [4.69, 9.17) is 16.3 Å². The van der Waals surface area contributed by atoms with Gasteiger partial charge in [0.15, 0.2) is 0 Å². The van der Waals surface area contributed by atoms with Crippen molar-refractivity contribution in [2.45, 2.75) is 25.9 Å². The second kappa shape index (κ2) is 6.14. The molecule has 2 N–H and O–H groups in total. The fourth-order valence-electron chi connectivity index (χ4n) is 1.31. The van der Waals surface area contributed by atoms with Crippen molar-refractivity contribution in [1.82, 2.24) is 9.97 Å². The SMILES string of the molecule is COCCC(C)(O)CNc1cc(C)nc(Cl)n1. The van der Waals surface area contributed by atoms with Gasteiger partial charge in [0, 0.05) is 38.4 Å². The van der Waals surface area contributed by atoms with E-state index in [9.17, 15) is 5.11 Å². The van der Waals surface area contributed by atoms with Crippen molar-refractivity contribution in [1.29, 1.82) is 0 Å². The first-order valence-electron chi connectivity index (χ1n) is 5.39. The summed E-state index contributed by atoms with van der Waals surface area (Å²) in [6.45, 7) is 4.47. The minimum absolute atomic E-state index is 0.198. The number of aromatic nitrogens is 2. The molecule has 96 valence electrons. The zero-order valence-corrected chi connectivity index (χ0v) is 11.1. The summed E-state index contributed by atoms with van der Waals surface area (Å²) in [6, 6.07) is 1.78. The number of nitrogens with zero attached hydrogens (tertiary/aromatic N) is 2. The fraction of sp³-hybridized carbons (Fsp3) is 0.636. The lowest BCUT2D eigenvalue weighted by atomic mass is 10.0. The summed E-state index contributed by atoms with van der Waals surface area (Å²) >= 11 is 5.74. The molecule has 6 heteroatoms. The lowest BCUT2D eigenvalue weighted by Gasteiger charge is -2.23. The van der Waals surface area contributed by atoms with Crippen LogP contribution in [-0.4, -0.2) is 40.9 Å². The molecule has 1 rings (SSSR count). The van der Waals surface area contributed by atoms with Crippen molar-refractivity contribution in [2.24, 2.45) is 0 Å². The first-order valence-corrected chi connectivity index (χ1v) is 5.77. The number of halogens is 1. The number of nitrogens with one attached hydrogen (secondary N) is 1. The average molecular weight is 260 g/mol. The molecule has 17 heavy (non-hydrogen) atoms. The third-order valence-electron chi connectivity index (χ3n) is 2.32. The molecule has 0 aliphatic carbocycles. The molecule has 0 aliphatic rings. The number of aryl methyl sites for hydroxylation is 1. The second-order valence-electron chi connectivity index (χ2n) is 4.26. The molecular weight excluding hydrogens is 242 g/mol. The molecule has 0 aromatic carbocycles. The van der Waals surface area contributed by atoms with E-state index < -0.39 is 5.60 Å². The molecule has 0 amide bonds. The van der Waals surface area contributed by atoms with Gasteiger partial charge in [0.25, 0.3) is 0 Å². The summed E-state index contributed by atoms with van der Waals surface area (Å²) in [7, 11) is 1.61. The Morgan fingerprint density at radius 3 is 2.82 bits per heavy atom. The third-order valence-corrected chi connectivity index (χ3v) is 2.49. The topological polar surface area (TPSA) is 67.3 Å². The number of aliphatic hydroxyl groups is 1. The molecule has 1 aromatic heterocycles. The third kappa shape index (κ3) is 5.30. The van der Waals surface area contributed by atoms with Crippen LogP contribution in [-0.2, 0) is 4.74 Å². The normalized spacial score (nSPS) is 14.4. The van der Waals surface area contributed by atoms with Gasteiger partial charge in [-0.3, -0.25) is 0 Å². The van der Waals surface area contributed by atoms with Gasteiger partial charge in [0.2, 0.25) is 5.28 Å². The molecule has 0 radical (unpaired) electrons. The van der Waals surface area contributed by atoms with Crippen molar-refractivity contribution in [2.75, 3.05) is 25.6 Å². The van der Waals surface area contributed by atoms with E-state index in [0.717, 1.165) is 5.69 Å². The first-order chi connectivity index (χ1) is 7.93. The summed E-state index contributed by atoms with van der Waals surface area (Å²) in [5.41, 5.74) is -0.0644. The summed E-state index contributed by atoms with van der Waals surface area (Å²) < 4.78 is 4.93. The average Bonchev–Trinajstić information content (AvgIpc) is 2.23. The van der Waals surface area contributed by atoms with E-state index in [1.54, 1.807) is 20.1 Å². The Labute approximate surface area is 106 Å². The van der Waals surface area contributed by atoms with Gasteiger partial charge in [-0.25, -0.2) is 9.97 Å². The summed E-state index contributed by atoms with van der Waals surface area (Å²) in [6.07, 6.45) is 0.550. The maximum absolute atomic E-state index is 10.0. The van der Waals surface area contributed by atoms with Gasteiger partial charge in [-0.2, -0.15) is 0 Å². The van der Waals surface area contributed by atoms with Crippen molar-refractivity contribution in [3.05, 3.63) is 17.0 Å². The highest BCUT2D eigenvalue weighted by atomic mass is 35.5. The molecule has 1 atom stereocenters. The molecule has 5 nitrogen and oxygen atoms in total. The molecule has 0 spiro atoms. The van der Waals surface area contributed by atoms with E-state index in [2.05, 4.69) is 15.3 Å². The van der Waals surface area contributed by atoms with Crippen LogP contribution in [0.4, 0.5) is 5.82 Å². The standard InChI is InChI=1S/C11H18ClN3O2/c1-8-6-9(15-10(12)14-8)13-7-11(2,16)4-5-17-3/h6,16H,4-5,7H2,1-3H3,(H,13,14,15). The van der Waals surface area contributed by atoms with E-state index in [1.807, 2.05) is 6.92 Å². The van der Waals surface area contributed by atoms with Crippen LogP contribution in [0.5, 0.6) is 0 Å². The zero-order chi connectivity index (χ0) is 12.9. The maximum Gasteiger partial charge on any atom is 0.224 e. The first kappa shape index (κ1) is 14.2. The van der Waals surface area contributed by atoms with Crippen LogP contribution in [0, 0.1) is 6.92 Å². The van der Waals surface area contributed by atoms with Gasteiger partial charge in [-0.1, -0.05) is 0 Å². The van der Waals surface area contributed by atoms with Crippen LogP contribution in [0.2, 0.25) is 5.28 Å². The number of anilines is 1. The predicted molar refractivity (Wildman–Crippen MR) is 67.4 cm³/mol. The molecule has 0 saturated heterocycles. The Balaban J connectivity index is 2.54. The monoisotopic (exact) mass is 259 g/mol. The number of hydrogen-bond acceptors (Lipinski definition) is 5. The molecule has 1 unspecified atom stereocenters. The van der Waals surface area contributed by atoms with Crippen LogP contribution in [0.25, 0.3) is 0 Å². The quantitative estimate of drug-likeness (QED) is 0.761. The molecule has 1 heterocycles. The predicted octanol–water partition coefficient (Wildman–Crippen LogP) is 1.64. The van der Waals surface area contributed by atoms with Gasteiger partial charge in [0.05, 0.1) is 5.60 Å². The highest BCUT2D eigenvalue weighted by molar-refractivity contribution is 6.28. The minimum atomic E-state index is -0.846. The van der Waals surface area contributed by atoms with Gasteiger partial charge >= 0.3 is 0 Å². The molecular formula is C11H18ClN3O2. The Kier molecular flexibility index (Phi) is 5.11. The Morgan fingerprint density at radius 2 is 2.24 bits per heavy atom. The van der Waals surface area contributed by atoms with Crippen molar-refractivity contribution >= 4 is 17.4 Å². The maximum atomic E-state index is 10.0. The van der Waals surface area contributed by atoms with Gasteiger partial charge in [-0.15, -0.1) is 0 Å². The number of rotatable bonds is 6. The van der Waals surface area contributed by atoms with Crippen LogP contribution in [0.15, 0.2) is 6.07 Å². The van der Waals surface area contributed by atoms with Gasteiger partial charge in [0.1, 0.15) is 5.82 Å². The minimum Gasteiger partial charge on any atom is -0.388 e. The second-order valence-corrected chi connectivity index (χ2v) is 4.59. The summed E-state index contributed by atoms with van der Waals surface area (Å²) in [5, 5.41) is 13.3. The Bertz CT molecular complexity index is 351. The molecule has 1 aromatic rings. The lowest BCUT2D eigenvalue weighted by molar-refractivity contribution is 0.0357. The summed E-state index contributed by atoms with van der Waals surface area (Å²) in [5.74, 6) is 0.611. The molecule has 0 saturated carbocycles. The zero-order valence-electron chi connectivity index (χ0n) is 10.3. The van der Waals surface area contributed by atoms with Crippen molar-refractivity contribution < 1.29 is 9.84 Å². The summed E-state index contributed by atoms with van der Waals surface area (Å²) in [4.78, 5) is 7.98. The van der Waals surface area contributed by atoms with Crippen LogP contribution in [0.1, 0.15) is 19.0 Å². The van der Waals surface area contributed by atoms with E-state index in [0.29, 0.717) is 25.4 Å². The van der Waals surface area contributed by atoms with Crippen LogP contribution >= 0.6 is 11.6 Å².